The highest BCUT2D eigenvalue weighted by molar-refractivity contribution is 5.69. The van der Waals surface area contributed by atoms with Crippen LogP contribution in [-0.2, 0) is 84.7 Å². The lowest BCUT2D eigenvalue weighted by Gasteiger charge is -2.44. The van der Waals surface area contributed by atoms with E-state index in [1.807, 2.05) is 12.1 Å². The predicted octanol–water partition coefficient (Wildman–Crippen LogP) is 0.0203. The summed E-state index contributed by atoms with van der Waals surface area (Å²) >= 11 is 0. The van der Waals surface area contributed by atoms with E-state index in [1.165, 1.54) is 7.11 Å². The van der Waals surface area contributed by atoms with Crippen molar-refractivity contribution >= 4 is 29.8 Å². The molecule has 5 unspecified atom stereocenters. The molecular weight excluding hydrogens is 734 g/mol. The number of benzene rings is 1. The molecule has 0 N–H and O–H groups in total. The highest BCUT2D eigenvalue weighted by Gasteiger charge is 2.57. The summed E-state index contributed by atoms with van der Waals surface area (Å²) in [4.78, 5) is 87.3. The first-order valence-electron chi connectivity index (χ1n) is 16.8. The second-order valence-electron chi connectivity index (χ2n) is 12.3. The molecule has 20 heteroatoms. The van der Waals surface area contributed by atoms with Crippen molar-refractivity contribution in [2.45, 2.75) is 109 Å². The van der Waals surface area contributed by atoms with Gasteiger partial charge in [0.15, 0.2) is 36.7 Å². The smallest absolute Gasteiger partial charge is 0.335 e. The molecule has 2 saturated heterocycles. The van der Waals surface area contributed by atoms with Gasteiger partial charge >= 0.3 is 35.5 Å². The number of aromatic nitrogens is 2. The average molecular weight is 776 g/mol. The maximum atomic E-state index is 13.7. The van der Waals surface area contributed by atoms with Crippen molar-refractivity contribution < 1.29 is 71.3 Å². The van der Waals surface area contributed by atoms with Crippen molar-refractivity contribution in [1.82, 2.24) is 9.13 Å². The van der Waals surface area contributed by atoms with E-state index in [0.717, 1.165) is 61.6 Å². The van der Waals surface area contributed by atoms with Gasteiger partial charge in [0.25, 0.3) is 5.56 Å². The van der Waals surface area contributed by atoms with Crippen molar-refractivity contribution in [3.05, 3.63) is 69.0 Å². The van der Waals surface area contributed by atoms with Crippen molar-refractivity contribution in [3.63, 3.8) is 0 Å². The van der Waals surface area contributed by atoms with Crippen molar-refractivity contribution in [2.75, 3.05) is 13.7 Å². The first kappa shape index (κ1) is 42.3. The zero-order valence-corrected chi connectivity index (χ0v) is 30.7. The molecule has 298 valence electrons. The van der Waals surface area contributed by atoms with Crippen LogP contribution in [0.2, 0.25) is 0 Å². The molecule has 10 atom stereocenters. The molecule has 2 aliphatic rings. The highest BCUT2D eigenvalue weighted by atomic mass is 16.7. The number of hydrogen-bond donors (Lipinski definition) is 0. The summed E-state index contributed by atoms with van der Waals surface area (Å²) in [6.07, 6.45) is -14.4. The SMILES string of the molecule is CO[C@@H]1C(OC(C)=O)C(n2ccc(=O)n(COCc3ccccc3)c2=O)O[C@@H]1[C@H](C#N)O[C@H]1OC(COC(C)=O)[C@@H](OC(C)=O)C(OC(C)=O)C1OC(C)=O. The standard InChI is InChI=1S/C35H41N3O17/c1-18(39)48-16-25-28(49-19(2)40)30(50-20(3)41)32(52-22(5)43)34(54-25)53-24(14-36)27-29(46-6)31(51-21(4)42)33(55-27)37-13-12-26(44)38(35(37)45)17-47-15-23-10-8-7-9-11-23/h7-13,24-25,27-34H,15-17H2,1-6H3/t24-,25?,27+,28+,29-,30?,31?,32?,33?,34-/m0/s1. The maximum Gasteiger partial charge on any atom is 0.335 e. The number of methoxy groups -OCH3 is 1. The minimum Gasteiger partial charge on any atom is -0.463 e. The maximum absolute atomic E-state index is 13.7. The fraction of sp³-hybridized carbons (Fsp3) is 0.543. The van der Waals surface area contributed by atoms with Crippen molar-refractivity contribution in [1.29, 1.82) is 5.26 Å². The molecule has 2 aromatic rings. The molecule has 0 radical (unpaired) electrons. The van der Waals surface area contributed by atoms with Gasteiger partial charge in [0.1, 0.15) is 31.6 Å². The number of ether oxygens (including phenoxy) is 10. The Labute approximate surface area is 313 Å². The van der Waals surface area contributed by atoms with E-state index in [9.17, 15) is 38.8 Å². The molecule has 20 nitrogen and oxygen atoms in total. The molecule has 3 heterocycles. The van der Waals surface area contributed by atoms with E-state index in [2.05, 4.69) is 0 Å². The number of hydrogen-bond acceptors (Lipinski definition) is 18. The third kappa shape index (κ3) is 10.8. The van der Waals surface area contributed by atoms with E-state index < -0.39 is 116 Å². The third-order valence-electron chi connectivity index (χ3n) is 8.16. The quantitative estimate of drug-likeness (QED) is 0.171. The first-order valence-corrected chi connectivity index (χ1v) is 16.8. The first-order chi connectivity index (χ1) is 26.1. The van der Waals surface area contributed by atoms with Crippen LogP contribution in [0, 0.1) is 11.3 Å². The summed E-state index contributed by atoms with van der Waals surface area (Å²) in [7, 11) is 1.21. The Morgan fingerprint density at radius 3 is 1.96 bits per heavy atom. The van der Waals surface area contributed by atoms with Crippen LogP contribution < -0.4 is 11.2 Å². The molecule has 1 aromatic carbocycles. The summed E-state index contributed by atoms with van der Waals surface area (Å²) < 4.78 is 58.0. The zero-order chi connectivity index (χ0) is 40.4. The van der Waals surface area contributed by atoms with Gasteiger partial charge in [-0.05, 0) is 5.56 Å². The normalized spacial score (nSPS) is 26.5. The minimum atomic E-state index is -1.80. The molecule has 0 saturated carbocycles. The Morgan fingerprint density at radius 2 is 1.38 bits per heavy atom. The fourth-order valence-electron chi connectivity index (χ4n) is 6.01. The van der Waals surface area contributed by atoms with Crippen molar-refractivity contribution in [3.8, 4) is 6.07 Å². The molecule has 55 heavy (non-hydrogen) atoms. The van der Waals surface area contributed by atoms with Crippen LogP contribution in [0.25, 0.3) is 0 Å². The topological polar surface area (TPSA) is 245 Å². The third-order valence-corrected chi connectivity index (χ3v) is 8.16. The zero-order valence-electron chi connectivity index (χ0n) is 30.7. The molecule has 0 aliphatic carbocycles. The van der Waals surface area contributed by atoms with Crippen LogP contribution in [0.5, 0.6) is 0 Å². The van der Waals surface area contributed by atoms with Gasteiger partial charge in [0, 0.05) is 54.0 Å². The lowest BCUT2D eigenvalue weighted by Crippen LogP contribution is -2.63. The summed E-state index contributed by atoms with van der Waals surface area (Å²) in [6.45, 7) is 4.35. The van der Waals surface area contributed by atoms with Gasteiger partial charge in [-0.15, -0.1) is 0 Å². The second kappa shape index (κ2) is 19.2. The van der Waals surface area contributed by atoms with Crippen LogP contribution >= 0.6 is 0 Å². The molecule has 0 spiro atoms. The second-order valence-corrected chi connectivity index (χ2v) is 12.3. The van der Waals surface area contributed by atoms with Crippen LogP contribution in [0.3, 0.4) is 0 Å². The minimum absolute atomic E-state index is 0.0753. The largest absolute Gasteiger partial charge is 0.463 e. The van der Waals surface area contributed by atoms with E-state index in [0.29, 0.717) is 0 Å². The molecule has 0 amide bonds. The Kier molecular flexibility index (Phi) is 14.8. The molecule has 4 rings (SSSR count). The summed E-state index contributed by atoms with van der Waals surface area (Å²) in [6, 6.07) is 11.9. The molecule has 0 bridgehead atoms. The van der Waals surface area contributed by atoms with Crippen LogP contribution in [-0.4, -0.2) is 108 Å². The van der Waals surface area contributed by atoms with Gasteiger partial charge in [-0.2, -0.15) is 5.26 Å². The summed E-state index contributed by atoms with van der Waals surface area (Å²) in [5.41, 5.74) is -0.851. The van der Waals surface area contributed by atoms with Gasteiger partial charge in [0.2, 0.25) is 6.29 Å². The Balaban J connectivity index is 1.70. The number of nitriles is 1. The summed E-state index contributed by atoms with van der Waals surface area (Å²) in [5, 5.41) is 10.4. The van der Waals surface area contributed by atoms with Gasteiger partial charge in [-0.25, -0.2) is 9.36 Å². The highest BCUT2D eigenvalue weighted by Crippen LogP contribution is 2.37. The monoisotopic (exact) mass is 775 g/mol. The number of nitrogens with zero attached hydrogens (tertiary/aromatic N) is 3. The molecular formula is C35H41N3O17. The Morgan fingerprint density at radius 1 is 0.782 bits per heavy atom. The van der Waals surface area contributed by atoms with Gasteiger partial charge < -0.3 is 47.4 Å². The van der Waals surface area contributed by atoms with Crippen LogP contribution in [0.15, 0.2) is 52.2 Å². The summed E-state index contributed by atoms with van der Waals surface area (Å²) in [5.74, 6) is -4.24. The molecule has 2 fully saturated rings. The molecule has 1 aromatic heterocycles. The predicted molar refractivity (Wildman–Crippen MR) is 179 cm³/mol. The van der Waals surface area contributed by atoms with Crippen molar-refractivity contribution in [2.24, 2.45) is 0 Å². The number of carbonyl (C=O) groups excluding carboxylic acids is 5. The van der Waals surface area contributed by atoms with Crippen LogP contribution in [0.4, 0.5) is 0 Å². The van der Waals surface area contributed by atoms with Gasteiger partial charge in [-0.1, -0.05) is 30.3 Å². The van der Waals surface area contributed by atoms with Crippen LogP contribution in [0.1, 0.15) is 46.4 Å². The van der Waals surface area contributed by atoms with E-state index in [1.54, 1.807) is 24.3 Å². The molecule has 2 aliphatic heterocycles. The Hall–Kier alpha value is -5.46. The lowest BCUT2D eigenvalue weighted by molar-refractivity contribution is -0.319. The Bertz CT molecular complexity index is 1860. The fourth-order valence-corrected chi connectivity index (χ4v) is 6.01. The van der Waals surface area contributed by atoms with E-state index in [4.69, 9.17) is 47.4 Å². The number of carbonyl (C=O) groups is 5. The number of esters is 5. The van der Waals surface area contributed by atoms with Gasteiger partial charge in [-0.3, -0.25) is 33.3 Å². The lowest BCUT2D eigenvalue weighted by atomic mass is 9.97. The van der Waals surface area contributed by atoms with E-state index in [-0.39, 0.29) is 6.61 Å². The van der Waals surface area contributed by atoms with Gasteiger partial charge in [0.05, 0.1) is 12.7 Å². The van der Waals surface area contributed by atoms with E-state index >= 15 is 0 Å². The average Bonchev–Trinajstić information content (AvgIpc) is 3.46. The number of rotatable bonds is 15.